The molecular weight excluding hydrogens is 366 g/mol. The number of ether oxygens (including phenoxy) is 2. The molecule has 0 amide bonds. The lowest BCUT2D eigenvalue weighted by Crippen LogP contribution is -2.34. The Morgan fingerprint density at radius 2 is 2.07 bits per heavy atom. The number of hydrogen-bond donors (Lipinski definition) is 0. The number of piperidine rings is 1. The molecule has 158 valence electrons. The molecule has 0 spiro atoms. The third kappa shape index (κ3) is 5.80. The Morgan fingerprint density at radius 3 is 2.93 bits per heavy atom. The Balaban J connectivity index is 1.24. The molecule has 2 aliphatic rings. The van der Waals surface area contributed by atoms with Gasteiger partial charge in [0.05, 0.1) is 19.6 Å². The second kappa shape index (κ2) is 10.2. The van der Waals surface area contributed by atoms with Crippen molar-refractivity contribution in [1.82, 2.24) is 15.0 Å². The quantitative estimate of drug-likeness (QED) is 0.589. The Kier molecular flexibility index (Phi) is 7.17. The normalized spacial score (nSPS) is 20.9. The van der Waals surface area contributed by atoms with Gasteiger partial charge in [-0.2, -0.15) is 4.98 Å². The molecule has 1 unspecified atom stereocenters. The third-order valence-corrected chi connectivity index (χ3v) is 6.18. The predicted molar refractivity (Wildman–Crippen MR) is 111 cm³/mol. The minimum absolute atomic E-state index is 0.315. The van der Waals surface area contributed by atoms with Crippen LogP contribution in [0.15, 0.2) is 28.8 Å². The van der Waals surface area contributed by atoms with E-state index in [9.17, 15) is 0 Å². The number of nitrogens with zero attached hydrogens (tertiary/aromatic N) is 3. The molecule has 2 fully saturated rings. The van der Waals surface area contributed by atoms with Crippen molar-refractivity contribution in [2.45, 2.75) is 57.4 Å². The SMILES string of the molecule is COc1cccc(CN2CCCC(c3nc(CCOCC4CCCC4)no3)C2)c1. The molecule has 29 heavy (non-hydrogen) atoms. The summed E-state index contributed by atoms with van der Waals surface area (Å²) in [5, 5.41) is 4.19. The van der Waals surface area contributed by atoms with Gasteiger partial charge in [0.15, 0.2) is 5.82 Å². The molecule has 0 bridgehead atoms. The van der Waals surface area contributed by atoms with Crippen LogP contribution in [-0.4, -0.2) is 48.5 Å². The van der Waals surface area contributed by atoms with Crippen molar-refractivity contribution in [1.29, 1.82) is 0 Å². The number of aromatic nitrogens is 2. The molecule has 1 atom stereocenters. The van der Waals surface area contributed by atoms with Gasteiger partial charge in [-0.15, -0.1) is 0 Å². The van der Waals surface area contributed by atoms with Crippen molar-refractivity contribution in [3.8, 4) is 5.75 Å². The third-order valence-electron chi connectivity index (χ3n) is 6.18. The maximum absolute atomic E-state index is 5.84. The van der Waals surface area contributed by atoms with Crippen LogP contribution in [0.25, 0.3) is 0 Å². The summed E-state index contributed by atoms with van der Waals surface area (Å²) in [7, 11) is 1.71. The van der Waals surface area contributed by atoms with Crippen molar-refractivity contribution >= 4 is 0 Å². The van der Waals surface area contributed by atoms with Gasteiger partial charge in [-0.3, -0.25) is 4.90 Å². The van der Waals surface area contributed by atoms with Crippen LogP contribution in [0.4, 0.5) is 0 Å². The summed E-state index contributed by atoms with van der Waals surface area (Å²) in [5.41, 5.74) is 1.27. The van der Waals surface area contributed by atoms with Gasteiger partial charge >= 0.3 is 0 Å². The molecule has 6 heteroatoms. The summed E-state index contributed by atoms with van der Waals surface area (Å²) < 4.78 is 16.8. The van der Waals surface area contributed by atoms with Gasteiger partial charge in [-0.25, -0.2) is 0 Å². The van der Waals surface area contributed by atoms with Crippen LogP contribution in [0, 0.1) is 5.92 Å². The van der Waals surface area contributed by atoms with Crippen LogP contribution in [0.2, 0.25) is 0 Å². The zero-order valence-corrected chi connectivity index (χ0v) is 17.5. The molecular formula is C23H33N3O3. The van der Waals surface area contributed by atoms with Crippen LogP contribution in [0.1, 0.15) is 61.7 Å². The van der Waals surface area contributed by atoms with Crippen LogP contribution in [-0.2, 0) is 17.7 Å². The molecule has 1 aromatic carbocycles. The molecule has 0 radical (unpaired) electrons. The maximum atomic E-state index is 5.84. The van der Waals surface area contributed by atoms with Gasteiger partial charge < -0.3 is 14.0 Å². The minimum Gasteiger partial charge on any atom is -0.497 e. The van der Waals surface area contributed by atoms with E-state index in [0.29, 0.717) is 12.5 Å². The molecule has 1 aliphatic heterocycles. The van der Waals surface area contributed by atoms with E-state index in [0.717, 1.165) is 68.9 Å². The largest absolute Gasteiger partial charge is 0.497 e. The Morgan fingerprint density at radius 1 is 1.17 bits per heavy atom. The average Bonchev–Trinajstić information content (AvgIpc) is 3.44. The van der Waals surface area contributed by atoms with E-state index in [1.165, 1.54) is 31.2 Å². The summed E-state index contributed by atoms with van der Waals surface area (Å²) in [4.78, 5) is 7.14. The summed E-state index contributed by atoms with van der Waals surface area (Å²) in [6.45, 7) is 4.54. The van der Waals surface area contributed by atoms with Gasteiger partial charge in [-0.1, -0.05) is 30.1 Å². The van der Waals surface area contributed by atoms with Gasteiger partial charge in [0, 0.05) is 26.1 Å². The first-order chi connectivity index (χ1) is 14.3. The van der Waals surface area contributed by atoms with Crippen molar-refractivity contribution in [3.63, 3.8) is 0 Å². The second-order valence-corrected chi connectivity index (χ2v) is 8.45. The Labute approximate surface area is 173 Å². The van der Waals surface area contributed by atoms with Crippen molar-refractivity contribution in [3.05, 3.63) is 41.5 Å². The van der Waals surface area contributed by atoms with Gasteiger partial charge in [0.2, 0.25) is 5.89 Å². The lowest BCUT2D eigenvalue weighted by atomic mass is 9.97. The van der Waals surface area contributed by atoms with E-state index >= 15 is 0 Å². The van der Waals surface area contributed by atoms with E-state index in [2.05, 4.69) is 33.2 Å². The number of likely N-dealkylation sites (tertiary alicyclic amines) is 1. The number of methoxy groups -OCH3 is 1. The number of benzene rings is 1. The van der Waals surface area contributed by atoms with E-state index in [-0.39, 0.29) is 0 Å². The zero-order valence-electron chi connectivity index (χ0n) is 17.5. The van der Waals surface area contributed by atoms with Crippen molar-refractivity contribution in [2.75, 3.05) is 33.4 Å². The highest BCUT2D eigenvalue weighted by atomic mass is 16.5. The molecule has 1 saturated carbocycles. The first-order valence-corrected chi connectivity index (χ1v) is 11.1. The van der Waals surface area contributed by atoms with Gasteiger partial charge in [-0.05, 0) is 55.8 Å². The standard InChI is InChI=1S/C23H33N3O3/c1-27-21-10-4-8-19(14-21)15-26-12-5-9-20(16-26)23-24-22(25-29-23)11-13-28-17-18-6-2-3-7-18/h4,8,10,14,18,20H,2-3,5-7,9,11-13,15-17H2,1H3. The topological polar surface area (TPSA) is 60.6 Å². The Bertz CT molecular complexity index is 757. The highest BCUT2D eigenvalue weighted by Crippen LogP contribution is 2.27. The van der Waals surface area contributed by atoms with Crippen LogP contribution >= 0.6 is 0 Å². The summed E-state index contributed by atoms with van der Waals surface area (Å²) in [6, 6.07) is 8.30. The highest BCUT2D eigenvalue weighted by molar-refractivity contribution is 5.28. The fraction of sp³-hybridized carbons (Fsp3) is 0.652. The fourth-order valence-corrected chi connectivity index (χ4v) is 4.56. The lowest BCUT2D eigenvalue weighted by Gasteiger charge is -2.31. The maximum Gasteiger partial charge on any atom is 0.231 e. The van der Waals surface area contributed by atoms with Gasteiger partial charge in [0.1, 0.15) is 5.75 Å². The average molecular weight is 400 g/mol. The number of rotatable bonds is 9. The monoisotopic (exact) mass is 399 g/mol. The fourth-order valence-electron chi connectivity index (χ4n) is 4.56. The zero-order chi connectivity index (χ0) is 19.9. The predicted octanol–water partition coefficient (Wildman–Crippen LogP) is 4.21. The number of hydrogen-bond acceptors (Lipinski definition) is 6. The molecule has 1 saturated heterocycles. The van der Waals surface area contributed by atoms with E-state index < -0.39 is 0 Å². The first-order valence-electron chi connectivity index (χ1n) is 11.1. The molecule has 2 heterocycles. The molecule has 2 aromatic rings. The van der Waals surface area contributed by atoms with Crippen LogP contribution in [0.3, 0.4) is 0 Å². The first kappa shape index (κ1) is 20.4. The second-order valence-electron chi connectivity index (χ2n) is 8.45. The smallest absolute Gasteiger partial charge is 0.231 e. The molecule has 4 rings (SSSR count). The molecule has 1 aromatic heterocycles. The molecule has 1 aliphatic carbocycles. The van der Waals surface area contributed by atoms with E-state index in [1.807, 2.05) is 6.07 Å². The summed E-state index contributed by atoms with van der Waals surface area (Å²) >= 11 is 0. The van der Waals surface area contributed by atoms with E-state index in [4.69, 9.17) is 14.0 Å². The van der Waals surface area contributed by atoms with Crippen LogP contribution in [0.5, 0.6) is 5.75 Å². The lowest BCUT2D eigenvalue weighted by molar-refractivity contribution is 0.102. The molecule has 6 nitrogen and oxygen atoms in total. The summed E-state index contributed by atoms with van der Waals surface area (Å²) in [5.74, 6) is 3.54. The van der Waals surface area contributed by atoms with Gasteiger partial charge in [0.25, 0.3) is 0 Å². The van der Waals surface area contributed by atoms with E-state index in [1.54, 1.807) is 7.11 Å². The molecule has 0 N–H and O–H groups in total. The minimum atomic E-state index is 0.315. The highest BCUT2D eigenvalue weighted by Gasteiger charge is 2.26. The van der Waals surface area contributed by atoms with Crippen molar-refractivity contribution < 1.29 is 14.0 Å². The van der Waals surface area contributed by atoms with Crippen LogP contribution < -0.4 is 4.74 Å². The van der Waals surface area contributed by atoms with Crippen molar-refractivity contribution in [2.24, 2.45) is 5.92 Å². The Hall–Kier alpha value is -1.92. The summed E-state index contributed by atoms with van der Waals surface area (Å²) in [6.07, 6.45) is 8.35.